The van der Waals surface area contributed by atoms with Crippen LogP contribution < -0.4 is 5.32 Å². The van der Waals surface area contributed by atoms with E-state index in [1.165, 1.54) is 0 Å². The van der Waals surface area contributed by atoms with E-state index in [1.54, 1.807) is 0 Å². The van der Waals surface area contributed by atoms with Gasteiger partial charge in [0.05, 0.1) is 0 Å². The molecule has 0 radical (unpaired) electrons. The van der Waals surface area contributed by atoms with Crippen LogP contribution in [0.5, 0.6) is 0 Å². The van der Waals surface area contributed by atoms with E-state index >= 15 is 0 Å². The average molecular weight is 222 g/mol. The smallest absolute Gasteiger partial charge is 0.313 e. The molecule has 0 aromatic rings. The summed E-state index contributed by atoms with van der Waals surface area (Å²) in [5.41, 5.74) is -4.07. The second-order valence-corrected chi connectivity index (χ2v) is 3.63. The van der Waals surface area contributed by atoms with Crippen molar-refractivity contribution < 1.29 is 13.2 Å². The molecular formula is C6H11ClF3NS. The van der Waals surface area contributed by atoms with Gasteiger partial charge in [0.25, 0.3) is 0 Å². The quantitative estimate of drug-likeness (QED) is 0.769. The molecule has 1 fully saturated rings. The van der Waals surface area contributed by atoms with Gasteiger partial charge in [0, 0.05) is 11.8 Å². The molecular weight excluding hydrogens is 211 g/mol. The van der Waals surface area contributed by atoms with Crippen LogP contribution in [0.25, 0.3) is 0 Å². The topological polar surface area (TPSA) is 12.0 Å². The number of thioether (sulfide) groups is 1. The molecule has 0 bridgehead atoms. The molecule has 1 nitrogen and oxygen atoms in total. The lowest BCUT2D eigenvalue weighted by Crippen LogP contribution is -2.25. The summed E-state index contributed by atoms with van der Waals surface area (Å²) in [7, 11) is 0. The van der Waals surface area contributed by atoms with E-state index in [0.717, 1.165) is 19.4 Å². The molecule has 0 saturated carbocycles. The fourth-order valence-corrected chi connectivity index (χ4v) is 1.77. The van der Waals surface area contributed by atoms with Crippen molar-refractivity contribution >= 4 is 24.2 Å². The van der Waals surface area contributed by atoms with Crippen molar-refractivity contribution in [2.24, 2.45) is 0 Å². The van der Waals surface area contributed by atoms with Crippen LogP contribution in [-0.2, 0) is 0 Å². The van der Waals surface area contributed by atoms with E-state index in [-0.39, 0.29) is 36.0 Å². The Hall–Kier alpha value is 0.390. The minimum Gasteiger partial charge on any atom is -0.313 e. The molecule has 1 atom stereocenters. The van der Waals surface area contributed by atoms with E-state index in [2.05, 4.69) is 5.32 Å². The van der Waals surface area contributed by atoms with Gasteiger partial charge >= 0.3 is 5.51 Å². The summed E-state index contributed by atoms with van der Waals surface area (Å²) in [6.45, 7) is 0.864. The maximum absolute atomic E-state index is 11.6. The largest absolute Gasteiger partial charge is 0.441 e. The second-order valence-electron chi connectivity index (χ2n) is 2.55. The summed E-state index contributed by atoms with van der Waals surface area (Å²) >= 11 is 0.0683. The highest BCUT2D eigenvalue weighted by atomic mass is 35.5. The molecule has 1 N–H and O–H groups in total. The number of alkyl halides is 3. The molecule has 0 spiro atoms. The van der Waals surface area contributed by atoms with Gasteiger partial charge in [-0.05, 0) is 31.1 Å². The lowest BCUT2D eigenvalue weighted by Gasteiger charge is -2.10. The summed E-state index contributed by atoms with van der Waals surface area (Å²) in [5, 5.41) is 3.01. The van der Waals surface area contributed by atoms with Crippen LogP contribution in [0.1, 0.15) is 12.8 Å². The molecule has 12 heavy (non-hydrogen) atoms. The summed E-state index contributed by atoms with van der Waals surface area (Å²) < 4.78 is 34.9. The van der Waals surface area contributed by atoms with Gasteiger partial charge in [-0.1, -0.05) is 0 Å². The molecule has 1 saturated heterocycles. The monoisotopic (exact) mass is 221 g/mol. The van der Waals surface area contributed by atoms with Crippen LogP contribution in [0.4, 0.5) is 13.2 Å². The van der Waals surface area contributed by atoms with Gasteiger partial charge in [0.1, 0.15) is 0 Å². The van der Waals surface area contributed by atoms with Gasteiger partial charge in [-0.3, -0.25) is 0 Å². The van der Waals surface area contributed by atoms with Crippen molar-refractivity contribution in [3.63, 3.8) is 0 Å². The highest BCUT2D eigenvalue weighted by molar-refractivity contribution is 8.00. The van der Waals surface area contributed by atoms with E-state index < -0.39 is 5.51 Å². The molecule has 1 unspecified atom stereocenters. The Bertz CT molecular complexity index is 124. The standard InChI is InChI=1S/C6H10F3NS.ClH/c7-6(8,9)11-4-5-2-1-3-10-5;/h5,10H,1-4H2;1H. The zero-order valence-corrected chi connectivity index (χ0v) is 7.99. The van der Waals surface area contributed by atoms with Crippen molar-refractivity contribution in [3.05, 3.63) is 0 Å². The maximum Gasteiger partial charge on any atom is 0.441 e. The van der Waals surface area contributed by atoms with Gasteiger partial charge < -0.3 is 5.32 Å². The lowest BCUT2D eigenvalue weighted by atomic mass is 10.3. The number of hydrogen-bond donors (Lipinski definition) is 1. The molecule has 0 aromatic heterocycles. The predicted octanol–water partition coefficient (Wildman–Crippen LogP) is 2.41. The molecule has 1 aliphatic rings. The van der Waals surface area contributed by atoms with E-state index in [1.807, 2.05) is 0 Å². The molecule has 74 valence electrons. The molecule has 6 heteroatoms. The fourth-order valence-electron chi connectivity index (χ4n) is 1.09. The van der Waals surface area contributed by atoms with E-state index in [0.29, 0.717) is 0 Å². The van der Waals surface area contributed by atoms with Gasteiger partial charge in [-0.25, -0.2) is 0 Å². The van der Waals surface area contributed by atoms with Crippen molar-refractivity contribution in [1.29, 1.82) is 0 Å². The third-order valence-electron chi connectivity index (χ3n) is 1.61. The van der Waals surface area contributed by atoms with Crippen LogP contribution in [0.2, 0.25) is 0 Å². The Balaban J connectivity index is 0.00000121. The molecule has 0 aromatic carbocycles. The Morgan fingerprint density at radius 1 is 1.42 bits per heavy atom. The van der Waals surface area contributed by atoms with Gasteiger partial charge in [-0.2, -0.15) is 13.2 Å². The zero-order chi connectivity index (χ0) is 8.32. The highest BCUT2D eigenvalue weighted by Gasteiger charge is 2.30. The van der Waals surface area contributed by atoms with Crippen LogP contribution >= 0.6 is 24.2 Å². The van der Waals surface area contributed by atoms with Crippen LogP contribution in [0, 0.1) is 0 Å². The summed E-state index contributed by atoms with van der Waals surface area (Å²) in [6, 6.07) is 0.0709. The third kappa shape index (κ3) is 5.11. The Morgan fingerprint density at radius 2 is 2.08 bits per heavy atom. The van der Waals surface area contributed by atoms with Crippen LogP contribution in [0.15, 0.2) is 0 Å². The fraction of sp³-hybridized carbons (Fsp3) is 1.00. The molecule has 1 rings (SSSR count). The average Bonchev–Trinajstić information content (AvgIpc) is 2.32. The number of halogens is 4. The SMILES string of the molecule is Cl.FC(F)(F)SCC1CCCN1. The van der Waals surface area contributed by atoms with Crippen molar-refractivity contribution in [2.45, 2.75) is 24.4 Å². The van der Waals surface area contributed by atoms with Crippen LogP contribution in [-0.4, -0.2) is 23.8 Å². The molecule has 0 amide bonds. The minimum atomic E-state index is -4.07. The number of nitrogens with one attached hydrogen (secondary N) is 1. The van der Waals surface area contributed by atoms with Gasteiger partial charge in [-0.15, -0.1) is 12.4 Å². The van der Waals surface area contributed by atoms with Crippen molar-refractivity contribution in [2.75, 3.05) is 12.3 Å². The van der Waals surface area contributed by atoms with Crippen molar-refractivity contribution in [1.82, 2.24) is 5.32 Å². The van der Waals surface area contributed by atoms with Gasteiger partial charge in [0.15, 0.2) is 0 Å². The second kappa shape index (κ2) is 5.19. The van der Waals surface area contributed by atoms with Crippen LogP contribution in [0.3, 0.4) is 0 Å². The number of hydrogen-bond acceptors (Lipinski definition) is 2. The third-order valence-corrected chi connectivity index (χ3v) is 2.51. The number of rotatable bonds is 2. The lowest BCUT2D eigenvalue weighted by molar-refractivity contribution is -0.0328. The minimum absolute atomic E-state index is 0. The molecule has 1 aliphatic heterocycles. The summed E-state index contributed by atoms with van der Waals surface area (Å²) in [4.78, 5) is 0. The van der Waals surface area contributed by atoms with E-state index in [9.17, 15) is 13.2 Å². The first-order valence-electron chi connectivity index (χ1n) is 3.52. The van der Waals surface area contributed by atoms with Gasteiger partial charge in [0.2, 0.25) is 0 Å². The maximum atomic E-state index is 11.6. The highest BCUT2D eigenvalue weighted by Crippen LogP contribution is 2.31. The first kappa shape index (κ1) is 12.4. The Morgan fingerprint density at radius 3 is 2.50 bits per heavy atom. The van der Waals surface area contributed by atoms with Crippen molar-refractivity contribution in [3.8, 4) is 0 Å². The summed E-state index contributed by atoms with van der Waals surface area (Å²) in [5.74, 6) is 0.156. The Labute approximate surface area is 79.9 Å². The zero-order valence-electron chi connectivity index (χ0n) is 6.36. The normalized spacial score (nSPS) is 23.8. The molecule has 1 heterocycles. The Kier molecular flexibility index (Phi) is 5.36. The van der Waals surface area contributed by atoms with E-state index in [4.69, 9.17) is 0 Å². The first-order valence-corrected chi connectivity index (χ1v) is 4.50. The summed E-state index contributed by atoms with van der Waals surface area (Å²) in [6.07, 6.45) is 1.88. The predicted molar refractivity (Wildman–Crippen MR) is 46.8 cm³/mol. The first-order chi connectivity index (χ1) is 5.08. The molecule has 0 aliphatic carbocycles.